The van der Waals surface area contributed by atoms with Gasteiger partial charge in [-0.15, -0.1) is 11.8 Å². The molecule has 0 spiro atoms. The van der Waals surface area contributed by atoms with Gasteiger partial charge in [0, 0.05) is 10.2 Å². The van der Waals surface area contributed by atoms with Crippen molar-refractivity contribution in [2.75, 3.05) is 5.75 Å². The van der Waals surface area contributed by atoms with E-state index in [-0.39, 0.29) is 0 Å². The Balaban J connectivity index is 2.72. The van der Waals surface area contributed by atoms with Gasteiger partial charge in [-0.3, -0.25) is 0 Å². The summed E-state index contributed by atoms with van der Waals surface area (Å²) < 4.78 is 2.08. The average Bonchev–Trinajstić information content (AvgIpc) is 1.91. The maximum Gasteiger partial charge on any atom is 0.0848 e. The molecule has 1 heterocycles. The van der Waals surface area contributed by atoms with Gasteiger partial charge in [0.05, 0.1) is 4.20 Å². The molecule has 0 atom stereocenters. The highest BCUT2D eigenvalue weighted by atomic mass is 79.9. The van der Waals surface area contributed by atoms with Crippen LogP contribution in [0.1, 0.15) is 0 Å². The first kappa shape index (κ1) is 5.79. The van der Waals surface area contributed by atoms with Gasteiger partial charge >= 0.3 is 0 Å². The molecule has 0 amide bonds. The van der Waals surface area contributed by atoms with Crippen molar-refractivity contribution in [2.24, 2.45) is 0 Å². The summed E-state index contributed by atoms with van der Waals surface area (Å²) >= 11 is 9.89. The third-order valence-corrected chi connectivity index (χ3v) is 3.31. The molecule has 0 nitrogen and oxygen atoms in total. The maximum atomic E-state index is 4.89. The second-order valence-corrected chi connectivity index (χ2v) is 3.70. The minimum atomic E-state index is 0.986. The van der Waals surface area contributed by atoms with Crippen molar-refractivity contribution in [3.05, 3.63) is 10.6 Å². The number of thiocarbonyl (C=S) groups is 1. The van der Waals surface area contributed by atoms with E-state index in [2.05, 4.69) is 22.0 Å². The van der Waals surface area contributed by atoms with Crippen LogP contribution in [0.15, 0.2) is 10.6 Å². The fourth-order valence-electron chi connectivity index (χ4n) is 0.343. The Morgan fingerprint density at radius 1 is 1.86 bits per heavy atom. The van der Waals surface area contributed by atoms with Gasteiger partial charge in [-0.1, -0.05) is 18.3 Å². The zero-order valence-electron chi connectivity index (χ0n) is 3.48. The summed E-state index contributed by atoms with van der Waals surface area (Å²) in [5.74, 6) is 1.04. The molecule has 0 aromatic rings. The van der Waals surface area contributed by atoms with E-state index >= 15 is 0 Å². The van der Waals surface area contributed by atoms with Gasteiger partial charge in [0.1, 0.15) is 0 Å². The molecule has 0 bridgehead atoms. The summed E-state index contributed by atoms with van der Waals surface area (Å²) in [7, 11) is 0. The minimum absolute atomic E-state index is 0.986. The molecule has 0 radical (unpaired) electrons. The van der Waals surface area contributed by atoms with Crippen LogP contribution in [-0.4, -0.2) is 9.95 Å². The average molecular weight is 195 g/mol. The summed E-state index contributed by atoms with van der Waals surface area (Å²) in [4.78, 5) is 0. The van der Waals surface area contributed by atoms with Crippen LogP contribution in [0.5, 0.6) is 0 Å². The Hall–Kier alpha value is 0.660. The van der Waals surface area contributed by atoms with Crippen LogP contribution in [0.25, 0.3) is 0 Å². The molecular weight excluding hydrogens is 192 g/mol. The van der Waals surface area contributed by atoms with Crippen LogP contribution in [-0.2, 0) is 0 Å². The predicted octanol–water partition coefficient (Wildman–Crippen LogP) is 2.34. The lowest BCUT2D eigenvalue weighted by atomic mass is 10.6. The summed E-state index contributed by atoms with van der Waals surface area (Å²) in [6.07, 6.45) is 2.08. The number of thioether (sulfide) groups is 1. The topological polar surface area (TPSA) is 0 Å². The number of hydrogen-bond donors (Lipinski definition) is 0. The molecule has 1 rings (SSSR count). The molecule has 0 aliphatic carbocycles. The van der Waals surface area contributed by atoms with Gasteiger partial charge in [0.2, 0.25) is 0 Å². The Kier molecular flexibility index (Phi) is 1.89. The Morgan fingerprint density at radius 2 is 2.57 bits per heavy atom. The fourth-order valence-corrected chi connectivity index (χ4v) is 1.97. The standard InChI is InChI=1S/C4H3BrS2/c5-3-1-2-7-4(3)6/h1H,2H2. The number of rotatable bonds is 0. The summed E-state index contributed by atoms with van der Waals surface area (Å²) in [5, 5.41) is 0. The molecule has 0 N–H and O–H groups in total. The highest BCUT2D eigenvalue weighted by Crippen LogP contribution is 2.25. The fraction of sp³-hybridized carbons (Fsp3) is 0.250. The molecule has 0 unspecified atom stereocenters. The van der Waals surface area contributed by atoms with Gasteiger partial charge in [0.25, 0.3) is 0 Å². The van der Waals surface area contributed by atoms with Crippen LogP contribution in [0.2, 0.25) is 0 Å². The summed E-state index contributed by atoms with van der Waals surface area (Å²) in [5.41, 5.74) is 0. The minimum Gasteiger partial charge on any atom is -0.109 e. The van der Waals surface area contributed by atoms with E-state index in [0.29, 0.717) is 0 Å². The number of halogens is 1. The summed E-state index contributed by atoms with van der Waals surface area (Å²) in [6.45, 7) is 0. The Bertz CT molecular complexity index is 128. The first-order valence-corrected chi connectivity index (χ1v) is 4.02. The zero-order chi connectivity index (χ0) is 5.28. The van der Waals surface area contributed by atoms with Crippen molar-refractivity contribution >= 4 is 44.1 Å². The van der Waals surface area contributed by atoms with Crippen LogP contribution >= 0.6 is 39.9 Å². The zero-order valence-corrected chi connectivity index (χ0v) is 6.70. The highest BCUT2D eigenvalue weighted by molar-refractivity contribution is 9.12. The smallest absolute Gasteiger partial charge is 0.0848 e. The van der Waals surface area contributed by atoms with Crippen molar-refractivity contribution in [1.82, 2.24) is 0 Å². The Labute approximate surface area is 60.5 Å². The first-order chi connectivity index (χ1) is 3.30. The normalized spacial score (nSPS) is 20.1. The van der Waals surface area contributed by atoms with Crippen LogP contribution in [0, 0.1) is 0 Å². The molecule has 1 aliphatic heterocycles. The quantitative estimate of drug-likeness (QED) is 0.544. The highest BCUT2D eigenvalue weighted by Gasteiger charge is 2.06. The van der Waals surface area contributed by atoms with E-state index in [1.165, 1.54) is 0 Å². The van der Waals surface area contributed by atoms with Gasteiger partial charge in [-0.2, -0.15) is 0 Å². The lowest BCUT2D eigenvalue weighted by Gasteiger charge is -1.83. The SMILES string of the molecule is S=C1SCC=C1Br. The molecule has 0 saturated carbocycles. The van der Waals surface area contributed by atoms with E-state index in [0.717, 1.165) is 14.4 Å². The number of hydrogen-bond acceptors (Lipinski definition) is 2. The van der Waals surface area contributed by atoms with Gasteiger partial charge in [0.15, 0.2) is 0 Å². The largest absolute Gasteiger partial charge is 0.109 e. The van der Waals surface area contributed by atoms with Crippen molar-refractivity contribution in [3.8, 4) is 0 Å². The third-order valence-electron chi connectivity index (χ3n) is 0.672. The Morgan fingerprint density at radius 3 is 2.71 bits per heavy atom. The van der Waals surface area contributed by atoms with Gasteiger partial charge in [-0.05, 0) is 15.9 Å². The summed E-state index contributed by atoms with van der Waals surface area (Å²) in [6, 6.07) is 0. The lowest BCUT2D eigenvalue weighted by Crippen LogP contribution is -1.74. The first-order valence-electron chi connectivity index (χ1n) is 1.83. The van der Waals surface area contributed by atoms with E-state index < -0.39 is 0 Å². The third kappa shape index (κ3) is 1.27. The monoisotopic (exact) mass is 194 g/mol. The second-order valence-electron chi connectivity index (χ2n) is 1.15. The molecule has 0 aromatic carbocycles. The van der Waals surface area contributed by atoms with Crippen LogP contribution in [0.3, 0.4) is 0 Å². The second kappa shape index (κ2) is 2.29. The van der Waals surface area contributed by atoms with E-state index in [9.17, 15) is 0 Å². The van der Waals surface area contributed by atoms with E-state index in [1.54, 1.807) is 11.8 Å². The van der Waals surface area contributed by atoms with E-state index in [4.69, 9.17) is 12.2 Å². The van der Waals surface area contributed by atoms with Crippen molar-refractivity contribution < 1.29 is 0 Å². The molecule has 38 valence electrons. The molecule has 7 heavy (non-hydrogen) atoms. The van der Waals surface area contributed by atoms with Gasteiger partial charge in [-0.25, -0.2) is 0 Å². The van der Waals surface area contributed by atoms with Gasteiger partial charge < -0.3 is 0 Å². The maximum absolute atomic E-state index is 4.89. The molecular formula is C4H3BrS2. The molecule has 1 aliphatic rings. The van der Waals surface area contributed by atoms with Crippen LogP contribution in [0.4, 0.5) is 0 Å². The van der Waals surface area contributed by atoms with Crippen molar-refractivity contribution in [2.45, 2.75) is 0 Å². The van der Waals surface area contributed by atoms with Crippen molar-refractivity contribution in [3.63, 3.8) is 0 Å². The van der Waals surface area contributed by atoms with E-state index in [1.807, 2.05) is 0 Å². The molecule has 0 fully saturated rings. The predicted molar refractivity (Wildman–Crippen MR) is 42.1 cm³/mol. The molecule has 0 aromatic heterocycles. The van der Waals surface area contributed by atoms with Crippen LogP contribution < -0.4 is 0 Å². The molecule has 3 heteroatoms. The lowest BCUT2D eigenvalue weighted by molar-refractivity contribution is 1.83. The molecule has 0 saturated heterocycles. The van der Waals surface area contributed by atoms with Crippen molar-refractivity contribution in [1.29, 1.82) is 0 Å².